The Hall–Kier alpha value is -3.29. The summed E-state index contributed by atoms with van der Waals surface area (Å²) in [6.07, 6.45) is 3.99. The third kappa shape index (κ3) is 4.10. The first-order valence-corrected chi connectivity index (χ1v) is 6.16. The van der Waals surface area contributed by atoms with Crippen LogP contribution >= 0.6 is 0 Å². The minimum absolute atomic E-state index is 0.0105. The van der Waals surface area contributed by atoms with E-state index in [-0.39, 0.29) is 11.5 Å². The predicted molar refractivity (Wildman–Crippen MR) is 73.5 cm³/mol. The van der Waals surface area contributed by atoms with Crippen molar-refractivity contribution in [1.29, 1.82) is 0 Å². The summed E-state index contributed by atoms with van der Waals surface area (Å²) in [6, 6.07) is 6.13. The second-order valence-electron chi connectivity index (χ2n) is 4.08. The predicted octanol–water partition coefficient (Wildman–Crippen LogP) is 0.844. The molecular formula is C14H12N2O6. The lowest BCUT2D eigenvalue weighted by Crippen LogP contribution is -2.37. The highest BCUT2D eigenvalue weighted by atomic mass is 16.4. The highest BCUT2D eigenvalue weighted by molar-refractivity contribution is 6.04. The third-order valence-corrected chi connectivity index (χ3v) is 2.47. The summed E-state index contributed by atoms with van der Waals surface area (Å²) >= 11 is 0. The topological polar surface area (TPSA) is 122 Å². The van der Waals surface area contributed by atoms with Gasteiger partial charge in [0.2, 0.25) is 0 Å². The maximum Gasteiger partial charge on any atom is 0.322 e. The largest absolute Gasteiger partial charge is 0.480 e. The molecule has 0 radical (unpaired) electrons. The number of hydrogen-bond acceptors (Lipinski definition) is 5. The molecule has 2 rings (SSSR count). The van der Waals surface area contributed by atoms with Gasteiger partial charge in [-0.1, -0.05) is 0 Å². The van der Waals surface area contributed by atoms with E-state index in [1.165, 1.54) is 30.7 Å². The Morgan fingerprint density at radius 1 is 1.14 bits per heavy atom. The first kappa shape index (κ1) is 15.1. The third-order valence-electron chi connectivity index (χ3n) is 2.47. The number of carboxylic acids is 1. The van der Waals surface area contributed by atoms with Gasteiger partial charge in [0.25, 0.3) is 11.8 Å². The van der Waals surface area contributed by atoms with E-state index in [9.17, 15) is 14.4 Å². The van der Waals surface area contributed by atoms with E-state index in [0.717, 1.165) is 0 Å². The average Bonchev–Trinajstić information content (AvgIpc) is 3.16. The molecule has 2 aromatic heterocycles. The van der Waals surface area contributed by atoms with Gasteiger partial charge >= 0.3 is 5.97 Å². The fourth-order valence-electron chi connectivity index (χ4n) is 1.52. The fourth-order valence-corrected chi connectivity index (χ4v) is 1.52. The summed E-state index contributed by atoms with van der Waals surface area (Å²) in [7, 11) is 0. The lowest BCUT2D eigenvalue weighted by atomic mass is 10.3. The monoisotopic (exact) mass is 304 g/mol. The van der Waals surface area contributed by atoms with Crippen LogP contribution in [0.5, 0.6) is 0 Å². The maximum atomic E-state index is 11.9. The first-order valence-electron chi connectivity index (χ1n) is 6.16. The molecule has 8 nitrogen and oxygen atoms in total. The first-order chi connectivity index (χ1) is 10.6. The summed E-state index contributed by atoms with van der Waals surface area (Å²) in [6.45, 7) is -0.578. The van der Waals surface area contributed by atoms with Crippen LogP contribution < -0.4 is 10.6 Å². The summed E-state index contributed by atoms with van der Waals surface area (Å²) in [4.78, 5) is 34.4. The SMILES string of the molecule is O=C(O)CNC(=O)C(=Cc1ccco1)NC(=O)c1ccco1. The van der Waals surface area contributed by atoms with Gasteiger partial charge in [0.1, 0.15) is 18.0 Å². The van der Waals surface area contributed by atoms with Crippen molar-refractivity contribution in [2.45, 2.75) is 0 Å². The zero-order valence-electron chi connectivity index (χ0n) is 11.2. The van der Waals surface area contributed by atoms with Crippen molar-refractivity contribution in [1.82, 2.24) is 10.6 Å². The van der Waals surface area contributed by atoms with Crippen LogP contribution in [0.4, 0.5) is 0 Å². The molecule has 3 N–H and O–H groups in total. The van der Waals surface area contributed by atoms with Gasteiger partial charge in [-0.15, -0.1) is 0 Å². The smallest absolute Gasteiger partial charge is 0.322 e. The Labute approximate surface area is 124 Å². The van der Waals surface area contributed by atoms with Crippen LogP contribution in [0.3, 0.4) is 0 Å². The summed E-state index contributed by atoms with van der Waals surface area (Å²) in [5.74, 6) is -2.29. The molecule has 2 amide bonds. The van der Waals surface area contributed by atoms with Crippen molar-refractivity contribution in [2.24, 2.45) is 0 Å². The minimum atomic E-state index is -1.21. The number of carbonyl (C=O) groups excluding carboxylic acids is 2. The molecule has 22 heavy (non-hydrogen) atoms. The van der Waals surface area contributed by atoms with Gasteiger partial charge in [0.15, 0.2) is 5.76 Å². The molecule has 0 aliphatic heterocycles. The quantitative estimate of drug-likeness (QED) is 0.680. The average molecular weight is 304 g/mol. The molecule has 2 heterocycles. The van der Waals surface area contributed by atoms with E-state index in [4.69, 9.17) is 13.9 Å². The number of nitrogens with one attached hydrogen (secondary N) is 2. The Morgan fingerprint density at radius 2 is 1.86 bits per heavy atom. The Balaban J connectivity index is 2.16. The molecule has 0 unspecified atom stereocenters. The lowest BCUT2D eigenvalue weighted by molar-refractivity contribution is -0.137. The van der Waals surface area contributed by atoms with Gasteiger partial charge in [-0.3, -0.25) is 14.4 Å². The van der Waals surface area contributed by atoms with E-state index >= 15 is 0 Å². The van der Waals surface area contributed by atoms with Crippen LogP contribution in [0.15, 0.2) is 51.3 Å². The van der Waals surface area contributed by atoms with Crippen molar-refractivity contribution < 1.29 is 28.3 Å². The number of carboxylic acid groups (broad SMARTS) is 1. The molecule has 0 atom stereocenters. The number of furan rings is 2. The summed E-state index contributed by atoms with van der Waals surface area (Å²) < 4.78 is 9.99. The van der Waals surface area contributed by atoms with Gasteiger partial charge in [-0.05, 0) is 24.3 Å². The molecule has 114 valence electrons. The van der Waals surface area contributed by atoms with Crippen LogP contribution in [0.2, 0.25) is 0 Å². The minimum Gasteiger partial charge on any atom is -0.480 e. The molecule has 0 spiro atoms. The number of hydrogen-bond donors (Lipinski definition) is 3. The maximum absolute atomic E-state index is 11.9. The Morgan fingerprint density at radius 3 is 2.45 bits per heavy atom. The van der Waals surface area contributed by atoms with Crippen LogP contribution in [0.25, 0.3) is 6.08 Å². The van der Waals surface area contributed by atoms with Gasteiger partial charge < -0.3 is 24.6 Å². The van der Waals surface area contributed by atoms with E-state index < -0.39 is 24.3 Å². The number of carbonyl (C=O) groups is 3. The van der Waals surface area contributed by atoms with Crippen molar-refractivity contribution in [3.05, 3.63) is 54.0 Å². The Bertz CT molecular complexity index is 685. The van der Waals surface area contributed by atoms with E-state index in [2.05, 4.69) is 10.6 Å². The fraction of sp³-hybridized carbons (Fsp3) is 0.0714. The summed E-state index contributed by atoms with van der Waals surface area (Å²) in [5, 5.41) is 13.1. The van der Waals surface area contributed by atoms with Crippen LogP contribution in [-0.4, -0.2) is 29.4 Å². The van der Waals surface area contributed by atoms with Gasteiger partial charge in [-0.25, -0.2) is 0 Å². The molecule has 0 saturated heterocycles. The molecular weight excluding hydrogens is 292 g/mol. The number of rotatable bonds is 6. The number of aliphatic carboxylic acids is 1. The van der Waals surface area contributed by atoms with Crippen molar-refractivity contribution >= 4 is 23.9 Å². The zero-order chi connectivity index (χ0) is 15.9. The van der Waals surface area contributed by atoms with E-state index in [1.54, 1.807) is 12.1 Å². The van der Waals surface area contributed by atoms with Crippen molar-refractivity contribution in [2.75, 3.05) is 6.54 Å². The summed E-state index contributed by atoms with van der Waals surface area (Å²) in [5.41, 5.74) is -0.169. The van der Waals surface area contributed by atoms with E-state index in [1.807, 2.05) is 0 Å². The standard InChI is InChI=1S/C14H12N2O6/c17-12(18)8-15-13(19)10(7-9-3-1-5-21-9)16-14(20)11-4-2-6-22-11/h1-7H,8H2,(H,15,19)(H,16,20)(H,17,18). The highest BCUT2D eigenvalue weighted by Gasteiger charge is 2.17. The highest BCUT2D eigenvalue weighted by Crippen LogP contribution is 2.08. The molecule has 0 aliphatic rings. The zero-order valence-corrected chi connectivity index (χ0v) is 11.2. The van der Waals surface area contributed by atoms with Crippen molar-refractivity contribution in [3.8, 4) is 0 Å². The van der Waals surface area contributed by atoms with Crippen LogP contribution in [-0.2, 0) is 9.59 Å². The van der Waals surface area contributed by atoms with Crippen LogP contribution in [0, 0.1) is 0 Å². The van der Waals surface area contributed by atoms with E-state index in [0.29, 0.717) is 5.76 Å². The Kier molecular flexibility index (Phi) is 4.76. The van der Waals surface area contributed by atoms with Gasteiger partial charge in [-0.2, -0.15) is 0 Å². The van der Waals surface area contributed by atoms with Gasteiger partial charge in [0.05, 0.1) is 12.5 Å². The molecule has 2 aromatic rings. The van der Waals surface area contributed by atoms with Gasteiger partial charge in [0, 0.05) is 6.08 Å². The molecule has 0 fully saturated rings. The molecule has 0 bridgehead atoms. The second-order valence-corrected chi connectivity index (χ2v) is 4.08. The molecule has 0 aromatic carbocycles. The van der Waals surface area contributed by atoms with Crippen LogP contribution in [0.1, 0.15) is 16.3 Å². The normalized spacial score (nSPS) is 11.0. The number of amides is 2. The molecule has 0 aliphatic carbocycles. The molecule has 8 heteroatoms. The second kappa shape index (κ2) is 6.93. The molecule has 0 saturated carbocycles. The van der Waals surface area contributed by atoms with Crippen molar-refractivity contribution in [3.63, 3.8) is 0 Å². The lowest BCUT2D eigenvalue weighted by Gasteiger charge is -2.08.